The molecule has 3 nitrogen and oxygen atoms in total. The summed E-state index contributed by atoms with van der Waals surface area (Å²) in [6.45, 7) is 0. The maximum Gasteiger partial charge on any atom is 0.175 e. The van der Waals surface area contributed by atoms with E-state index in [1.165, 1.54) is 6.26 Å². The quantitative estimate of drug-likeness (QED) is 0.856. The molecule has 18 heavy (non-hydrogen) atoms. The third kappa shape index (κ3) is 3.34. The van der Waals surface area contributed by atoms with E-state index in [1.54, 1.807) is 48.4 Å². The van der Waals surface area contributed by atoms with E-state index in [4.69, 9.17) is 0 Å². The van der Waals surface area contributed by atoms with Crippen LogP contribution in [0.15, 0.2) is 61.9 Å². The molecule has 0 fully saturated rings. The van der Waals surface area contributed by atoms with Gasteiger partial charge in [0, 0.05) is 32.9 Å². The monoisotopic (exact) mass is 343 g/mol. The zero-order chi connectivity index (χ0) is 13.2. The van der Waals surface area contributed by atoms with E-state index in [1.807, 2.05) is 6.07 Å². The molecular formula is C12H10BrNO2S2. The van der Waals surface area contributed by atoms with Gasteiger partial charge in [-0.05, 0) is 46.3 Å². The van der Waals surface area contributed by atoms with E-state index in [2.05, 4.69) is 20.9 Å². The fourth-order valence-corrected chi connectivity index (χ4v) is 3.26. The van der Waals surface area contributed by atoms with Crippen molar-refractivity contribution < 1.29 is 8.42 Å². The molecule has 0 atom stereocenters. The van der Waals surface area contributed by atoms with E-state index in [9.17, 15) is 8.42 Å². The first-order valence-corrected chi connectivity index (χ1v) is 8.54. The van der Waals surface area contributed by atoms with Crippen molar-refractivity contribution in [2.24, 2.45) is 0 Å². The molecule has 0 aliphatic rings. The lowest BCUT2D eigenvalue weighted by atomic mass is 10.4. The Hall–Kier alpha value is -0.850. The Bertz CT molecular complexity index is 654. The summed E-state index contributed by atoms with van der Waals surface area (Å²) in [6, 6.07) is 8.74. The van der Waals surface area contributed by atoms with Crippen LogP contribution in [0, 0.1) is 0 Å². The number of pyridine rings is 1. The van der Waals surface area contributed by atoms with Crippen molar-refractivity contribution in [2.45, 2.75) is 14.7 Å². The van der Waals surface area contributed by atoms with Crippen molar-refractivity contribution in [3.8, 4) is 0 Å². The van der Waals surface area contributed by atoms with Crippen molar-refractivity contribution in [1.82, 2.24) is 4.98 Å². The van der Waals surface area contributed by atoms with E-state index in [0.717, 1.165) is 14.3 Å². The lowest BCUT2D eigenvalue weighted by Crippen LogP contribution is -1.95. The van der Waals surface area contributed by atoms with E-state index in [0.29, 0.717) is 4.90 Å². The lowest BCUT2D eigenvalue weighted by Gasteiger charge is -2.04. The number of sulfone groups is 1. The summed E-state index contributed by atoms with van der Waals surface area (Å²) >= 11 is 4.97. The average Bonchev–Trinajstić information content (AvgIpc) is 2.32. The molecule has 0 amide bonds. The third-order valence-corrected chi connectivity index (χ3v) is 5.32. The second kappa shape index (κ2) is 5.42. The molecule has 0 unspecified atom stereocenters. The zero-order valence-corrected chi connectivity index (χ0v) is 12.7. The average molecular weight is 344 g/mol. The Morgan fingerprint density at radius 2 is 1.83 bits per heavy atom. The number of hydrogen-bond acceptors (Lipinski definition) is 4. The van der Waals surface area contributed by atoms with Gasteiger partial charge in [-0.15, -0.1) is 0 Å². The zero-order valence-electron chi connectivity index (χ0n) is 9.50. The molecule has 0 saturated heterocycles. The standard InChI is InChI=1S/C12H10BrNO2S2/c1-18(15,16)10-4-2-9(3-5-10)17-12-6-7-14-8-11(12)13/h2-8H,1H3. The molecule has 0 aliphatic heterocycles. The molecule has 0 radical (unpaired) electrons. The minimum atomic E-state index is -3.13. The summed E-state index contributed by atoms with van der Waals surface area (Å²) < 4.78 is 23.6. The predicted molar refractivity (Wildman–Crippen MR) is 75.6 cm³/mol. The van der Waals surface area contributed by atoms with Crippen molar-refractivity contribution in [1.29, 1.82) is 0 Å². The fraction of sp³-hybridized carbons (Fsp3) is 0.0833. The van der Waals surface area contributed by atoms with E-state index in [-0.39, 0.29) is 0 Å². The van der Waals surface area contributed by atoms with Crippen LogP contribution in [0.25, 0.3) is 0 Å². The van der Waals surface area contributed by atoms with Gasteiger partial charge in [-0.25, -0.2) is 8.42 Å². The van der Waals surface area contributed by atoms with Crippen molar-refractivity contribution >= 4 is 37.5 Å². The van der Waals surface area contributed by atoms with Gasteiger partial charge in [0.2, 0.25) is 0 Å². The summed E-state index contributed by atoms with van der Waals surface area (Å²) in [7, 11) is -3.13. The molecule has 0 bridgehead atoms. The molecule has 2 aromatic rings. The van der Waals surface area contributed by atoms with Crippen molar-refractivity contribution in [2.75, 3.05) is 6.26 Å². The number of rotatable bonds is 3. The van der Waals surface area contributed by atoms with Crippen LogP contribution in [0.5, 0.6) is 0 Å². The van der Waals surface area contributed by atoms with Gasteiger partial charge in [0.15, 0.2) is 9.84 Å². The van der Waals surface area contributed by atoms with Crippen molar-refractivity contribution in [3.63, 3.8) is 0 Å². The fourth-order valence-electron chi connectivity index (χ4n) is 1.33. The maximum atomic E-state index is 11.3. The molecule has 6 heteroatoms. The van der Waals surface area contributed by atoms with Crippen LogP contribution in [-0.2, 0) is 9.84 Å². The number of nitrogens with zero attached hydrogens (tertiary/aromatic N) is 1. The molecule has 94 valence electrons. The first-order chi connectivity index (χ1) is 8.47. The Morgan fingerprint density at radius 3 is 2.39 bits per heavy atom. The molecule has 2 rings (SSSR count). The molecule has 0 saturated carbocycles. The van der Waals surface area contributed by atoms with Gasteiger partial charge >= 0.3 is 0 Å². The summed E-state index contributed by atoms with van der Waals surface area (Å²) in [4.78, 5) is 6.35. The Balaban J connectivity index is 2.24. The first kappa shape index (κ1) is 13.6. The number of hydrogen-bond donors (Lipinski definition) is 0. The second-order valence-corrected chi connectivity index (χ2v) is 7.64. The number of benzene rings is 1. The topological polar surface area (TPSA) is 47.0 Å². The summed E-state index contributed by atoms with van der Waals surface area (Å²) in [5.41, 5.74) is 0. The van der Waals surface area contributed by atoms with Gasteiger partial charge in [-0.3, -0.25) is 4.98 Å². The van der Waals surface area contributed by atoms with Gasteiger partial charge in [0.25, 0.3) is 0 Å². The van der Waals surface area contributed by atoms with Crippen LogP contribution in [0.1, 0.15) is 0 Å². The number of halogens is 1. The lowest BCUT2D eigenvalue weighted by molar-refractivity contribution is 0.602. The Morgan fingerprint density at radius 1 is 1.17 bits per heavy atom. The van der Waals surface area contributed by atoms with Gasteiger partial charge < -0.3 is 0 Å². The molecule has 1 aromatic heterocycles. The highest BCUT2D eigenvalue weighted by atomic mass is 79.9. The Labute approximate surface area is 119 Å². The van der Waals surface area contributed by atoms with Gasteiger partial charge in [0.1, 0.15) is 0 Å². The highest BCUT2D eigenvalue weighted by molar-refractivity contribution is 9.10. The SMILES string of the molecule is CS(=O)(=O)c1ccc(Sc2ccncc2Br)cc1. The van der Waals surface area contributed by atoms with Crippen LogP contribution < -0.4 is 0 Å². The Kier molecular flexibility index (Phi) is 4.09. The van der Waals surface area contributed by atoms with E-state index < -0.39 is 9.84 Å². The maximum absolute atomic E-state index is 11.3. The summed E-state index contributed by atoms with van der Waals surface area (Å²) in [5.74, 6) is 0. The van der Waals surface area contributed by atoms with Gasteiger partial charge in [-0.2, -0.15) is 0 Å². The summed E-state index contributed by atoms with van der Waals surface area (Å²) in [5, 5.41) is 0. The van der Waals surface area contributed by atoms with Crippen LogP contribution in [0.4, 0.5) is 0 Å². The molecular weight excluding hydrogens is 334 g/mol. The van der Waals surface area contributed by atoms with Gasteiger partial charge in [0.05, 0.1) is 4.90 Å². The minimum absolute atomic E-state index is 0.334. The predicted octanol–water partition coefficient (Wildman–Crippen LogP) is 3.40. The highest BCUT2D eigenvalue weighted by Crippen LogP contribution is 2.32. The molecule has 0 N–H and O–H groups in total. The molecule has 1 aromatic carbocycles. The smallest absolute Gasteiger partial charge is 0.175 e. The number of aromatic nitrogens is 1. The molecule has 0 aliphatic carbocycles. The van der Waals surface area contributed by atoms with Crippen LogP contribution in [-0.4, -0.2) is 19.7 Å². The molecule has 0 spiro atoms. The second-order valence-electron chi connectivity index (χ2n) is 3.65. The minimum Gasteiger partial charge on any atom is -0.263 e. The highest BCUT2D eigenvalue weighted by Gasteiger charge is 2.07. The van der Waals surface area contributed by atoms with Gasteiger partial charge in [-0.1, -0.05) is 11.8 Å². The first-order valence-electron chi connectivity index (χ1n) is 5.04. The third-order valence-electron chi connectivity index (χ3n) is 2.21. The van der Waals surface area contributed by atoms with Crippen LogP contribution in [0.3, 0.4) is 0 Å². The van der Waals surface area contributed by atoms with Crippen LogP contribution >= 0.6 is 27.7 Å². The van der Waals surface area contributed by atoms with E-state index >= 15 is 0 Å². The van der Waals surface area contributed by atoms with Crippen LogP contribution in [0.2, 0.25) is 0 Å². The van der Waals surface area contributed by atoms with Crippen molar-refractivity contribution in [3.05, 3.63) is 47.2 Å². The molecule has 1 heterocycles. The normalized spacial score (nSPS) is 11.4. The largest absolute Gasteiger partial charge is 0.263 e. The summed E-state index contributed by atoms with van der Waals surface area (Å²) in [6.07, 6.45) is 4.65.